The summed E-state index contributed by atoms with van der Waals surface area (Å²) >= 11 is 0. The van der Waals surface area contributed by atoms with Gasteiger partial charge in [-0.2, -0.15) is 4.31 Å². The predicted octanol–water partition coefficient (Wildman–Crippen LogP) is 2.90. The van der Waals surface area contributed by atoms with Crippen molar-refractivity contribution in [2.45, 2.75) is 50.6 Å². The molecule has 0 aromatic heterocycles. The second-order valence-corrected chi connectivity index (χ2v) is 10.0. The molecule has 3 rings (SSSR count). The van der Waals surface area contributed by atoms with E-state index in [1.54, 1.807) is 48.5 Å². The van der Waals surface area contributed by atoms with E-state index in [-0.39, 0.29) is 35.3 Å². The molecular weight excluding hydrogens is 440 g/mol. The summed E-state index contributed by atoms with van der Waals surface area (Å²) in [6, 6.07) is 13.7. The van der Waals surface area contributed by atoms with Crippen LogP contribution in [0.15, 0.2) is 53.4 Å². The quantitative estimate of drug-likeness (QED) is 0.466. The summed E-state index contributed by atoms with van der Waals surface area (Å²) < 4.78 is 26.7. The van der Waals surface area contributed by atoms with E-state index in [1.807, 2.05) is 20.8 Å². The molecule has 1 fully saturated rings. The van der Waals surface area contributed by atoms with Crippen molar-refractivity contribution in [1.29, 1.82) is 0 Å². The molecule has 0 bridgehead atoms. The maximum atomic E-state index is 12.6. The van der Waals surface area contributed by atoms with Crippen molar-refractivity contribution in [3.05, 3.63) is 59.7 Å². The van der Waals surface area contributed by atoms with Crippen molar-refractivity contribution in [2.24, 2.45) is 0 Å². The van der Waals surface area contributed by atoms with Crippen LogP contribution >= 0.6 is 0 Å². The molecule has 178 valence electrons. The van der Waals surface area contributed by atoms with Crippen LogP contribution in [-0.4, -0.2) is 50.2 Å². The number of carbonyl (C=O) groups excluding carboxylic acids is 2. The molecule has 1 aliphatic carbocycles. The van der Waals surface area contributed by atoms with Gasteiger partial charge in [-0.3, -0.25) is 9.59 Å². The Bertz CT molecular complexity index is 1080. The number of amides is 2. The molecule has 0 heterocycles. The summed E-state index contributed by atoms with van der Waals surface area (Å²) in [5.74, 6) is -0.455. The third-order valence-corrected chi connectivity index (χ3v) is 7.71. The molecule has 2 aromatic carbocycles. The van der Waals surface area contributed by atoms with E-state index in [1.165, 1.54) is 4.31 Å². The number of carbonyl (C=O) groups is 2. The maximum absolute atomic E-state index is 12.6. The van der Waals surface area contributed by atoms with Crippen molar-refractivity contribution in [1.82, 2.24) is 14.9 Å². The Labute approximate surface area is 195 Å². The van der Waals surface area contributed by atoms with Gasteiger partial charge in [0.05, 0.1) is 22.7 Å². The van der Waals surface area contributed by atoms with Crippen molar-refractivity contribution >= 4 is 27.5 Å². The van der Waals surface area contributed by atoms with E-state index in [0.29, 0.717) is 24.3 Å². The molecule has 9 heteroatoms. The average molecular weight is 473 g/mol. The minimum absolute atomic E-state index is 0.0409. The number of hydrogen-bond donors (Lipinski definition) is 3. The normalized spacial score (nSPS) is 14.7. The van der Waals surface area contributed by atoms with E-state index >= 15 is 0 Å². The minimum atomic E-state index is -3.50. The first-order valence-corrected chi connectivity index (χ1v) is 12.7. The van der Waals surface area contributed by atoms with Crippen molar-refractivity contribution in [2.75, 3.05) is 25.0 Å². The maximum Gasteiger partial charge on any atom is 0.253 e. The molecule has 3 N–H and O–H groups in total. The molecule has 0 saturated heterocycles. The van der Waals surface area contributed by atoms with Gasteiger partial charge in [0, 0.05) is 25.2 Å². The Balaban J connectivity index is 1.57. The highest BCUT2D eigenvalue weighted by atomic mass is 32.2. The molecule has 8 nitrogen and oxygen atoms in total. The van der Waals surface area contributed by atoms with Crippen LogP contribution in [0.25, 0.3) is 0 Å². The van der Waals surface area contributed by atoms with Crippen LogP contribution in [0.1, 0.15) is 55.6 Å². The zero-order chi connectivity index (χ0) is 24.0. The number of nitrogens with zero attached hydrogens (tertiary/aromatic N) is 1. The molecule has 0 spiro atoms. The summed E-state index contributed by atoms with van der Waals surface area (Å²) in [5, 5.41) is 8.87. The fourth-order valence-corrected chi connectivity index (χ4v) is 4.94. The number of benzene rings is 2. The number of rotatable bonds is 11. The summed E-state index contributed by atoms with van der Waals surface area (Å²) in [4.78, 5) is 25.1. The molecule has 2 amide bonds. The van der Waals surface area contributed by atoms with Gasteiger partial charge in [-0.25, -0.2) is 8.42 Å². The third kappa shape index (κ3) is 6.40. The monoisotopic (exact) mass is 472 g/mol. The van der Waals surface area contributed by atoms with Gasteiger partial charge in [-0.05, 0) is 49.6 Å². The zero-order valence-electron chi connectivity index (χ0n) is 19.3. The topological polar surface area (TPSA) is 108 Å². The predicted molar refractivity (Wildman–Crippen MR) is 129 cm³/mol. The third-order valence-electron chi connectivity index (χ3n) is 5.65. The van der Waals surface area contributed by atoms with Gasteiger partial charge in [0.25, 0.3) is 5.91 Å². The lowest BCUT2D eigenvalue weighted by molar-refractivity contribution is -0.115. The van der Waals surface area contributed by atoms with E-state index in [0.717, 1.165) is 18.4 Å². The molecule has 2 aromatic rings. The van der Waals surface area contributed by atoms with Crippen LogP contribution in [0.3, 0.4) is 0 Å². The molecule has 1 aliphatic rings. The summed E-state index contributed by atoms with van der Waals surface area (Å²) in [6.07, 6.45) is 1.98. The first-order valence-electron chi connectivity index (χ1n) is 11.3. The van der Waals surface area contributed by atoms with Gasteiger partial charge in [-0.1, -0.05) is 38.1 Å². The van der Waals surface area contributed by atoms with Gasteiger partial charge < -0.3 is 16.0 Å². The fourth-order valence-electron chi connectivity index (χ4n) is 3.48. The van der Waals surface area contributed by atoms with Gasteiger partial charge in [0.2, 0.25) is 15.9 Å². The van der Waals surface area contributed by atoms with Crippen molar-refractivity contribution in [3.8, 4) is 0 Å². The fraction of sp³-hybridized carbons (Fsp3) is 0.417. The summed E-state index contributed by atoms with van der Waals surface area (Å²) in [5.41, 5.74) is 1.78. The lowest BCUT2D eigenvalue weighted by Gasteiger charge is -2.19. The number of para-hydroxylation sites is 1. The summed E-state index contributed by atoms with van der Waals surface area (Å²) in [7, 11) is -3.50. The SMILES string of the molecule is CCN(CC)S(=O)(=O)c1ccc([C@H](C)NCC(=O)Nc2ccccc2C(=O)NC2CC2)cc1. The molecule has 0 aliphatic heterocycles. The second kappa shape index (κ2) is 10.9. The highest BCUT2D eigenvalue weighted by Gasteiger charge is 2.25. The molecule has 1 atom stereocenters. The van der Waals surface area contributed by atoms with Gasteiger partial charge in [-0.15, -0.1) is 0 Å². The Morgan fingerprint density at radius 1 is 1.03 bits per heavy atom. The summed E-state index contributed by atoms with van der Waals surface area (Å²) in [6.45, 7) is 6.39. The number of nitrogens with one attached hydrogen (secondary N) is 3. The standard InChI is InChI=1S/C24H32N4O4S/c1-4-28(5-2)33(31,32)20-14-10-18(11-15-20)17(3)25-16-23(29)27-22-9-7-6-8-21(22)24(30)26-19-12-13-19/h6-11,14-15,17,19,25H,4-5,12-13,16H2,1-3H3,(H,26,30)(H,27,29)/t17-/m0/s1. The van der Waals surface area contributed by atoms with Crippen LogP contribution in [0, 0.1) is 0 Å². The molecule has 33 heavy (non-hydrogen) atoms. The number of sulfonamides is 1. The number of hydrogen-bond acceptors (Lipinski definition) is 5. The van der Waals surface area contributed by atoms with Crippen LogP contribution in [-0.2, 0) is 14.8 Å². The van der Waals surface area contributed by atoms with Crippen molar-refractivity contribution < 1.29 is 18.0 Å². The molecule has 0 unspecified atom stereocenters. The molecule has 1 saturated carbocycles. The van der Waals surface area contributed by atoms with E-state index in [4.69, 9.17) is 0 Å². The molecule has 0 radical (unpaired) electrons. The zero-order valence-corrected chi connectivity index (χ0v) is 20.1. The average Bonchev–Trinajstić information content (AvgIpc) is 3.62. The molecular formula is C24H32N4O4S. The lowest BCUT2D eigenvalue weighted by Crippen LogP contribution is -2.32. The van der Waals surface area contributed by atoms with Gasteiger partial charge in [0.1, 0.15) is 0 Å². The Morgan fingerprint density at radius 3 is 2.27 bits per heavy atom. The van der Waals surface area contributed by atoms with Crippen LogP contribution in [0.4, 0.5) is 5.69 Å². The van der Waals surface area contributed by atoms with Crippen LogP contribution in [0.5, 0.6) is 0 Å². The van der Waals surface area contributed by atoms with Gasteiger partial charge in [0.15, 0.2) is 0 Å². The van der Waals surface area contributed by atoms with E-state index < -0.39 is 10.0 Å². The smallest absolute Gasteiger partial charge is 0.253 e. The van der Waals surface area contributed by atoms with Gasteiger partial charge >= 0.3 is 0 Å². The van der Waals surface area contributed by atoms with E-state index in [2.05, 4.69) is 16.0 Å². The van der Waals surface area contributed by atoms with Crippen LogP contribution < -0.4 is 16.0 Å². The highest BCUT2D eigenvalue weighted by Crippen LogP contribution is 2.22. The van der Waals surface area contributed by atoms with E-state index in [9.17, 15) is 18.0 Å². The first kappa shape index (κ1) is 24.9. The Morgan fingerprint density at radius 2 is 1.67 bits per heavy atom. The van der Waals surface area contributed by atoms with Crippen molar-refractivity contribution in [3.63, 3.8) is 0 Å². The lowest BCUT2D eigenvalue weighted by atomic mass is 10.1. The Kier molecular flexibility index (Phi) is 8.23. The highest BCUT2D eigenvalue weighted by molar-refractivity contribution is 7.89. The number of anilines is 1. The second-order valence-electron chi connectivity index (χ2n) is 8.10. The van der Waals surface area contributed by atoms with Crippen LogP contribution in [0.2, 0.25) is 0 Å². The minimum Gasteiger partial charge on any atom is -0.349 e. The largest absolute Gasteiger partial charge is 0.349 e. The first-order chi connectivity index (χ1) is 15.8. The Hall–Kier alpha value is -2.75.